The fourth-order valence-electron chi connectivity index (χ4n) is 4.59. The molecule has 3 aromatic carbocycles. The number of aromatic nitrogens is 2. The molecule has 0 bridgehead atoms. The molecule has 0 radical (unpaired) electrons. The molecule has 4 nitrogen and oxygen atoms in total. The zero-order valence-electron chi connectivity index (χ0n) is 19.6. The molecule has 0 fully saturated rings. The topological polar surface area (TPSA) is 68.9 Å². The molecule has 3 heterocycles. The zero-order valence-corrected chi connectivity index (χ0v) is 22.1. The number of thiophene rings is 1. The molecule has 6 rings (SSSR count). The number of thioether (sulfide) groups is 2. The summed E-state index contributed by atoms with van der Waals surface area (Å²) in [6.07, 6.45) is 0.858. The Bertz CT molecular complexity index is 1570. The molecular formula is C29H22FN3OS3. The van der Waals surface area contributed by atoms with Crippen LogP contribution in [0, 0.1) is 5.82 Å². The van der Waals surface area contributed by atoms with E-state index in [1.807, 2.05) is 23.9 Å². The average Bonchev–Trinajstić information content (AvgIpc) is 3.31. The minimum absolute atomic E-state index is 0.107. The lowest BCUT2D eigenvalue weighted by molar-refractivity contribution is 0.102. The molecule has 0 saturated heterocycles. The SMILES string of the molecule is Nc1nc(SCC(=O)c2ccc(F)cc2)nc2sc3c(c12)C[C@@H](c1ccccc1)S[C@H]3c1ccccc1. The number of ketones is 1. The van der Waals surface area contributed by atoms with E-state index in [0.29, 0.717) is 21.8 Å². The summed E-state index contributed by atoms with van der Waals surface area (Å²) >= 11 is 4.88. The van der Waals surface area contributed by atoms with Crippen LogP contribution < -0.4 is 5.73 Å². The quantitative estimate of drug-likeness (QED) is 0.136. The van der Waals surface area contributed by atoms with E-state index in [-0.39, 0.29) is 22.6 Å². The summed E-state index contributed by atoms with van der Waals surface area (Å²) in [6.45, 7) is 0. The van der Waals surface area contributed by atoms with Crippen LogP contribution in [0.15, 0.2) is 90.1 Å². The molecule has 37 heavy (non-hydrogen) atoms. The average molecular weight is 544 g/mol. The van der Waals surface area contributed by atoms with Gasteiger partial charge in [-0.05, 0) is 47.4 Å². The van der Waals surface area contributed by atoms with Crippen molar-refractivity contribution < 1.29 is 9.18 Å². The van der Waals surface area contributed by atoms with Gasteiger partial charge in [-0.3, -0.25) is 4.79 Å². The molecule has 0 aliphatic carbocycles. The van der Waals surface area contributed by atoms with E-state index in [2.05, 4.69) is 53.5 Å². The predicted octanol–water partition coefficient (Wildman–Crippen LogP) is 7.51. The maximum absolute atomic E-state index is 13.2. The molecule has 0 spiro atoms. The Kier molecular flexibility index (Phi) is 6.71. The monoisotopic (exact) mass is 543 g/mol. The summed E-state index contributed by atoms with van der Waals surface area (Å²) in [6, 6.07) is 26.7. The lowest BCUT2D eigenvalue weighted by Gasteiger charge is -2.30. The summed E-state index contributed by atoms with van der Waals surface area (Å²) in [7, 11) is 0. The third-order valence-electron chi connectivity index (χ3n) is 6.39. The highest BCUT2D eigenvalue weighted by Crippen LogP contribution is 2.55. The lowest BCUT2D eigenvalue weighted by atomic mass is 9.98. The van der Waals surface area contributed by atoms with Crippen LogP contribution in [0.5, 0.6) is 0 Å². The van der Waals surface area contributed by atoms with E-state index < -0.39 is 0 Å². The molecule has 2 atom stereocenters. The number of anilines is 1. The maximum atomic E-state index is 13.2. The normalized spacial score (nSPS) is 17.0. The highest BCUT2D eigenvalue weighted by Gasteiger charge is 2.34. The molecular weight excluding hydrogens is 522 g/mol. The number of fused-ring (bicyclic) bond motifs is 3. The Morgan fingerprint density at radius 1 is 0.946 bits per heavy atom. The van der Waals surface area contributed by atoms with Crippen molar-refractivity contribution in [3.05, 3.63) is 118 Å². The van der Waals surface area contributed by atoms with Gasteiger partial charge in [0.05, 0.1) is 16.4 Å². The van der Waals surface area contributed by atoms with Crippen LogP contribution >= 0.6 is 34.9 Å². The highest BCUT2D eigenvalue weighted by molar-refractivity contribution is 8.00. The fourth-order valence-corrected chi connectivity index (χ4v) is 8.41. The number of benzene rings is 3. The maximum Gasteiger partial charge on any atom is 0.191 e. The van der Waals surface area contributed by atoms with Gasteiger partial charge in [-0.15, -0.1) is 23.1 Å². The molecule has 1 aliphatic rings. The van der Waals surface area contributed by atoms with Gasteiger partial charge in [0, 0.05) is 15.7 Å². The Labute approximate surface area is 226 Å². The summed E-state index contributed by atoms with van der Waals surface area (Å²) in [4.78, 5) is 24.1. The first-order valence-corrected chi connectivity index (χ1v) is 14.6. The van der Waals surface area contributed by atoms with Gasteiger partial charge in [-0.1, -0.05) is 72.4 Å². The highest BCUT2D eigenvalue weighted by atomic mass is 32.2. The van der Waals surface area contributed by atoms with Crippen molar-refractivity contribution in [2.24, 2.45) is 0 Å². The summed E-state index contributed by atoms with van der Waals surface area (Å²) in [5.41, 5.74) is 10.8. The van der Waals surface area contributed by atoms with Gasteiger partial charge in [0.25, 0.3) is 0 Å². The number of nitrogen functional groups attached to an aromatic ring is 1. The first-order chi connectivity index (χ1) is 18.1. The first-order valence-electron chi connectivity index (χ1n) is 11.8. The Morgan fingerprint density at radius 3 is 2.32 bits per heavy atom. The van der Waals surface area contributed by atoms with Crippen LogP contribution in [0.1, 0.15) is 42.4 Å². The number of hydrogen-bond acceptors (Lipinski definition) is 7. The van der Waals surface area contributed by atoms with Crippen molar-refractivity contribution in [3.63, 3.8) is 0 Å². The number of halogens is 1. The van der Waals surface area contributed by atoms with E-state index in [4.69, 9.17) is 10.7 Å². The molecule has 0 unspecified atom stereocenters. The minimum atomic E-state index is -0.367. The van der Waals surface area contributed by atoms with Crippen molar-refractivity contribution in [3.8, 4) is 0 Å². The first kappa shape index (κ1) is 24.2. The molecule has 5 aromatic rings. The number of nitrogens with two attached hydrogens (primary N) is 1. The number of Topliss-reactive ketones (excluding diaryl/α,β-unsaturated/α-hetero) is 1. The molecule has 2 aromatic heterocycles. The predicted molar refractivity (Wildman–Crippen MR) is 152 cm³/mol. The van der Waals surface area contributed by atoms with Crippen LogP contribution in [-0.2, 0) is 6.42 Å². The van der Waals surface area contributed by atoms with E-state index >= 15 is 0 Å². The van der Waals surface area contributed by atoms with Crippen molar-refractivity contribution >= 4 is 56.7 Å². The van der Waals surface area contributed by atoms with Gasteiger partial charge in [0.2, 0.25) is 0 Å². The number of carbonyl (C=O) groups is 1. The second-order valence-corrected chi connectivity index (χ2v) is 12.1. The Balaban J connectivity index is 1.35. The molecule has 0 saturated carbocycles. The molecule has 0 amide bonds. The van der Waals surface area contributed by atoms with Crippen molar-refractivity contribution in [2.45, 2.75) is 22.1 Å². The largest absolute Gasteiger partial charge is 0.383 e. The van der Waals surface area contributed by atoms with Crippen LogP contribution in [0.3, 0.4) is 0 Å². The van der Waals surface area contributed by atoms with Crippen LogP contribution in [0.2, 0.25) is 0 Å². The van der Waals surface area contributed by atoms with E-state index in [1.54, 1.807) is 11.3 Å². The van der Waals surface area contributed by atoms with Crippen LogP contribution in [0.25, 0.3) is 10.2 Å². The van der Waals surface area contributed by atoms with E-state index in [0.717, 1.165) is 16.6 Å². The van der Waals surface area contributed by atoms with E-state index in [1.165, 1.54) is 57.6 Å². The van der Waals surface area contributed by atoms with Gasteiger partial charge in [-0.2, -0.15) is 0 Å². The van der Waals surface area contributed by atoms with Crippen LogP contribution in [0.4, 0.5) is 10.2 Å². The number of hydrogen-bond donors (Lipinski definition) is 1. The second kappa shape index (κ2) is 10.3. The Morgan fingerprint density at radius 2 is 1.62 bits per heavy atom. The fraction of sp³-hybridized carbons (Fsp3) is 0.138. The molecule has 184 valence electrons. The third-order valence-corrected chi connectivity index (χ3v) is 10.1. The van der Waals surface area contributed by atoms with Gasteiger partial charge in [0.1, 0.15) is 16.5 Å². The van der Waals surface area contributed by atoms with Gasteiger partial charge in [0.15, 0.2) is 10.9 Å². The summed E-state index contributed by atoms with van der Waals surface area (Å²) < 4.78 is 13.2. The molecule has 2 N–H and O–H groups in total. The van der Waals surface area contributed by atoms with Gasteiger partial charge >= 0.3 is 0 Å². The van der Waals surface area contributed by atoms with Gasteiger partial charge < -0.3 is 5.73 Å². The zero-order chi connectivity index (χ0) is 25.4. The smallest absolute Gasteiger partial charge is 0.191 e. The number of rotatable bonds is 6. The summed E-state index contributed by atoms with van der Waals surface area (Å²) in [5, 5.41) is 1.86. The summed E-state index contributed by atoms with van der Waals surface area (Å²) in [5.74, 6) is 0.128. The van der Waals surface area contributed by atoms with Crippen molar-refractivity contribution in [1.29, 1.82) is 0 Å². The standard InChI is InChI=1S/C29H22FN3OS3/c30-20-13-11-17(12-14-20)22(34)16-35-29-32-27(31)24-21-15-23(18-7-3-1-4-8-18)36-25(19-9-5-2-6-10-19)26(21)37-28(24)33-29/h1-14,23,25H,15-16H2,(H2,31,32,33)/t23-,25-/m0/s1. The number of nitrogens with zero attached hydrogens (tertiary/aromatic N) is 2. The third kappa shape index (κ3) is 4.89. The second-order valence-electron chi connectivity index (χ2n) is 8.77. The van der Waals surface area contributed by atoms with E-state index in [9.17, 15) is 9.18 Å². The Hall–Kier alpha value is -3.20. The van der Waals surface area contributed by atoms with Crippen molar-refractivity contribution in [2.75, 3.05) is 11.5 Å². The molecule has 8 heteroatoms. The van der Waals surface area contributed by atoms with Gasteiger partial charge in [-0.25, -0.2) is 14.4 Å². The molecule has 1 aliphatic heterocycles. The van der Waals surface area contributed by atoms with Crippen LogP contribution in [-0.4, -0.2) is 21.5 Å². The number of carbonyl (C=O) groups excluding carboxylic acids is 1. The minimum Gasteiger partial charge on any atom is -0.383 e. The lowest BCUT2D eigenvalue weighted by Crippen LogP contribution is -2.12. The van der Waals surface area contributed by atoms with Crippen molar-refractivity contribution in [1.82, 2.24) is 9.97 Å².